The average molecular weight is 322 g/mol. The van der Waals surface area contributed by atoms with Crippen molar-refractivity contribution in [1.29, 1.82) is 0 Å². The zero-order valence-corrected chi connectivity index (χ0v) is 15.0. The summed E-state index contributed by atoms with van der Waals surface area (Å²) in [5, 5.41) is 0. The minimum Gasteiger partial charge on any atom is -0.393 e. The summed E-state index contributed by atoms with van der Waals surface area (Å²) in [4.78, 5) is 21.7. The van der Waals surface area contributed by atoms with Crippen molar-refractivity contribution in [1.82, 2.24) is 0 Å². The van der Waals surface area contributed by atoms with Crippen LogP contribution in [0.4, 0.5) is 0 Å². The van der Waals surface area contributed by atoms with E-state index in [1.54, 1.807) is 0 Å². The second-order valence-electron chi connectivity index (χ2n) is 5.95. The van der Waals surface area contributed by atoms with Gasteiger partial charge in [0.1, 0.15) is 0 Å². The first-order valence-electron chi connectivity index (χ1n) is 9.18. The maximum absolute atomic E-state index is 11.1. The third-order valence-electron chi connectivity index (χ3n) is 3.59. The average Bonchev–Trinajstić information content (AvgIpc) is 2.50. The molecule has 0 aromatic carbocycles. The van der Waals surface area contributed by atoms with Crippen LogP contribution in [0.2, 0.25) is 0 Å². The lowest BCUT2D eigenvalue weighted by atomic mass is 10.1. The first kappa shape index (κ1) is 21.6. The molecule has 0 aliphatic rings. The first-order chi connectivity index (χ1) is 11.2. The molecule has 132 valence electrons. The van der Waals surface area contributed by atoms with Crippen LogP contribution in [0.15, 0.2) is 24.3 Å². The van der Waals surface area contributed by atoms with Crippen LogP contribution < -0.4 is 0 Å². The number of ether oxygens (including phenoxy) is 1. The first-order valence-corrected chi connectivity index (χ1v) is 9.18. The van der Waals surface area contributed by atoms with Crippen LogP contribution >= 0.6 is 0 Å². The summed E-state index contributed by atoms with van der Waals surface area (Å²) in [6.45, 7) is 3.49. The Hall–Kier alpha value is -1.38. The lowest BCUT2D eigenvalue weighted by Gasteiger charge is -2.00. The maximum Gasteiger partial charge on any atom is 0.313 e. The van der Waals surface area contributed by atoms with Crippen LogP contribution in [0, 0.1) is 0 Å². The fourth-order valence-electron chi connectivity index (χ4n) is 2.29. The Kier molecular flexibility index (Phi) is 16.0. The van der Waals surface area contributed by atoms with Gasteiger partial charge in [0.25, 0.3) is 0 Å². The predicted octanol–water partition coefficient (Wildman–Crippen LogP) is 5.89. The second-order valence-corrected chi connectivity index (χ2v) is 5.95. The maximum atomic E-state index is 11.1. The summed E-state index contributed by atoms with van der Waals surface area (Å²) in [6, 6.07) is 0. The smallest absolute Gasteiger partial charge is 0.313 e. The third kappa shape index (κ3) is 18.6. The fourth-order valence-corrected chi connectivity index (χ4v) is 2.29. The van der Waals surface area contributed by atoms with E-state index >= 15 is 0 Å². The molecular weight excluding hydrogens is 288 g/mol. The van der Waals surface area contributed by atoms with Gasteiger partial charge in [-0.3, -0.25) is 9.59 Å². The molecule has 0 radical (unpaired) electrons. The topological polar surface area (TPSA) is 43.4 Å². The van der Waals surface area contributed by atoms with Crippen LogP contribution in [-0.4, -0.2) is 11.9 Å². The molecule has 0 aromatic rings. The van der Waals surface area contributed by atoms with Crippen molar-refractivity contribution in [2.24, 2.45) is 0 Å². The number of esters is 2. The molecule has 0 saturated carbocycles. The van der Waals surface area contributed by atoms with Crippen molar-refractivity contribution in [2.75, 3.05) is 0 Å². The molecule has 0 atom stereocenters. The van der Waals surface area contributed by atoms with Gasteiger partial charge in [-0.05, 0) is 38.5 Å². The monoisotopic (exact) mass is 322 g/mol. The summed E-state index contributed by atoms with van der Waals surface area (Å²) in [6.07, 6.45) is 22.1. The minimum absolute atomic E-state index is 0.351. The van der Waals surface area contributed by atoms with Crippen LogP contribution in [0.3, 0.4) is 0 Å². The Morgan fingerprint density at radius 3 is 1.96 bits per heavy atom. The van der Waals surface area contributed by atoms with E-state index in [0.29, 0.717) is 6.42 Å². The van der Waals surface area contributed by atoms with E-state index < -0.39 is 11.9 Å². The van der Waals surface area contributed by atoms with Crippen molar-refractivity contribution < 1.29 is 14.3 Å². The summed E-state index contributed by atoms with van der Waals surface area (Å²) in [5.74, 6) is -0.916. The van der Waals surface area contributed by atoms with Crippen molar-refractivity contribution in [3.05, 3.63) is 24.3 Å². The van der Waals surface area contributed by atoms with E-state index in [1.165, 1.54) is 45.4 Å². The molecule has 0 saturated heterocycles. The molecule has 3 heteroatoms. The molecule has 0 N–H and O–H groups in total. The van der Waals surface area contributed by atoms with Crippen molar-refractivity contribution >= 4 is 11.9 Å². The fraction of sp³-hybridized carbons (Fsp3) is 0.700. The van der Waals surface area contributed by atoms with Crippen LogP contribution in [0.25, 0.3) is 0 Å². The molecule has 0 unspecified atom stereocenters. The highest BCUT2D eigenvalue weighted by Gasteiger charge is 2.04. The number of carbonyl (C=O) groups is 2. The van der Waals surface area contributed by atoms with E-state index in [1.807, 2.05) is 0 Å². The molecule has 0 spiro atoms. The van der Waals surface area contributed by atoms with Gasteiger partial charge in [0, 0.05) is 13.3 Å². The van der Waals surface area contributed by atoms with Crippen LogP contribution in [0.1, 0.15) is 90.9 Å². The van der Waals surface area contributed by atoms with Gasteiger partial charge in [0.15, 0.2) is 0 Å². The number of rotatable bonds is 14. The predicted molar refractivity (Wildman–Crippen MR) is 96.1 cm³/mol. The molecule has 0 amide bonds. The van der Waals surface area contributed by atoms with Gasteiger partial charge in [-0.1, -0.05) is 63.3 Å². The lowest BCUT2D eigenvalue weighted by molar-refractivity contribution is -0.158. The Balaban J connectivity index is 3.28. The largest absolute Gasteiger partial charge is 0.393 e. The number of allylic oxidation sites excluding steroid dienone is 4. The van der Waals surface area contributed by atoms with Crippen LogP contribution in [0.5, 0.6) is 0 Å². The second kappa shape index (κ2) is 17.0. The molecular formula is C20H34O3. The van der Waals surface area contributed by atoms with Gasteiger partial charge < -0.3 is 4.74 Å². The Morgan fingerprint density at radius 2 is 1.35 bits per heavy atom. The lowest BCUT2D eigenvalue weighted by Crippen LogP contribution is -2.08. The number of hydrogen-bond acceptors (Lipinski definition) is 3. The number of carbonyl (C=O) groups excluding carboxylic acids is 2. The number of hydrogen-bond donors (Lipinski definition) is 0. The van der Waals surface area contributed by atoms with E-state index in [0.717, 1.165) is 32.1 Å². The molecule has 0 fully saturated rings. The Morgan fingerprint density at radius 1 is 0.783 bits per heavy atom. The van der Waals surface area contributed by atoms with Gasteiger partial charge in [0.05, 0.1) is 0 Å². The molecule has 0 rings (SSSR count). The summed E-state index contributed by atoms with van der Waals surface area (Å²) >= 11 is 0. The van der Waals surface area contributed by atoms with Crippen molar-refractivity contribution in [3.63, 3.8) is 0 Å². The molecule has 0 heterocycles. The standard InChI is InChI=1S/C20H34O3/c1-3-4-5-6-7-8-9-10-11-12-13-14-15-16-17-18-20(22)23-19(2)21/h7-8,10-11H,3-6,9,12-18H2,1-2H3/b8-7-,11-10-. The molecule has 0 aromatic heterocycles. The Labute approximate surface area is 142 Å². The normalized spacial score (nSPS) is 11.4. The van der Waals surface area contributed by atoms with E-state index in [2.05, 4.69) is 36.0 Å². The molecule has 0 aliphatic heterocycles. The zero-order valence-electron chi connectivity index (χ0n) is 15.0. The van der Waals surface area contributed by atoms with Crippen LogP contribution in [-0.2, 0) is 14.3 Å². The van der Waals surface area contributed by atoms with Gasteiger partial charge in [-0.15, -0.1) is 0 Å². The van der Waals surface area contributed by atoms with Crippen molar-refractivity contribution in [2.45, 2.75) is 90.9 Å². The van der Waals surface area contributed by atoms with E-state index in [-0.39, 0.29) is 0 Å². The van der Waals surface area contributed by atoms with Gasteiger partial charge in [0.2, 0.25) is 0 Å². The van der Waals surface area contributed by atoms with E-state index in [9.17, 15) is 9.59 Å². The summed E-state index contributed by atoms with van der Waals surface area (Å²) in [7, 11) is 0. The SMILES string of the molecule is CCCCC/C=C\C/C=C\CCCCCCCC(=O)OC(C)=O. The summed E-state index contributed by atoms with van der Waals surface area (Å²) < 4.78 is 4.48. The molecule has 0 bridgehead atoms. The van der Waals surface area contributed by atoms with Gasteiger partial charge in [-0.2, -0.15) is 0 Å². The molecule has 3 nitrogen and oxygen atoms in total. The van der Waals surface area contributed by atoms with Gasteiger partial charge >= 0.3 is 11.9 Å². The highest BCUT2D eigenvalue weighted by atomic mass is 16.6. The summed E-state index contributed by atoms with van der Waals surface area (Å²) in [5.41, 5.74) is 0. The third-order valence-corrected chi connectivity index (χ3v) is 3.59. The Bertz CT molecular complexity index is 356. The van der Waals surface area contributed by atoms with Gasteiger partial charge in [-0.25, -0.2) is 0 Å². The van der Waals surface area contributed by atoms with Crippen molar-refractivity contribution in [3.8, 4) is 0 Å². The van der Waals surface area contributed by atoms with E-state index in [4.69, 9.17) is 0 Å². The zero-order chi connectivity index (χ0) is 17.2. The number of unbranched alkanes of at least 4 members (excludes halogenated alkanes) is 8. The highest BCUT2D eigenvalue weighted by molar-refractivity contribution is 5.83. The minimum atomic E-state index is -0.516. The molecule has 0 aliphatic carbocycles. The quantitative estimate of drug-likeness (QED) is 0.173. The molecule has 23 heavy (non-hydrogen) atoms. The highest BCUT2D eigenvalue weighted by Crippen LogP contribution is 2.08.